The Morgan fingerprint density at radius 2 is 2.00 bits per heavy atom. The molecule has 1 fully saturated rings. The molecule has 4 heteroatoms. The van der Waals surface area contributed by atoms with E-state index >= 15 is 0 Å². The molecule has 0 radical (unpaired) electrons. The molecule has 0 atom stereocenters. The number of carbonyl (C=O) groups excluding carboxylic acids is 1. The molecule has 0 saturated heterocycles. The normalized spacial score (nSPS) is 21.4. The average molecular weight is 281 g/mol. The molecule has 16 heavy (non-hydrogen) atoms. The number of nitrogens with one attached hydrogen (secondary N) is 2. The number of hydrogen-bond acceptors (Lipinski definition) is 2. The van der Waals surface area contributed by atoms with Crippen molar-refractivity contribution in [3.63, 3.8) is 0 Å². The summed E-state index contributed by atoms with van der Waals surface area (Å²) in [6.07, 6.45) is 4.11. The molecule has 3 rings (SSSR count). The van der Waals surface area contributed by atoms with E-state index in [0.717, 1.165) is 41.5 Å². The first-order valence-electron chi connectivity index (χ1n) is 5.59. The van der Waals surface area contributed by atoms with Crippen molar-refractivity contribution >= 4 is 33.2 Å². The Hall–Kier alpha value is -1.03. The Morgan fingerprint density at radius 3 is 2.75 bits per heavy atom. The molecule has 0 aromatic heterocycles. The van der Waals surface area contributed by atoms with Crippen LogP contribution in [0.2, 0.25) is 0 Å². The Morgan fingerprint density at radius 1 is 1.25 bits per heavy atom. The van der Waals surface area contributed by atoms with E-state index in [-0.39, 0.29) is 11.4 Å². The maximum absolute atomic E-state index is 12.1. The van der Waals surface area contributed by atoms with Gasteiger partial charge in [-0.2, -0.15) is 0 Å². The summed E-state index contributed by atoms with van der Waals surface area (Å²) < 4.78 is 1.01. The maximum Gasteiger partial charge on any atom is 0.250 e. The third-order valence-corrected chi connectivity index (χ3v) is 4.18. The second-order valence-corrected chi connectivity index (χ2v) is 5.39. The molecule has 2 N–H and O–H groups in total. The average Bonchev–Trinajstić information content (AvgIpc) is 2.72. The highest BCUT2D eigenvalue weighted by Gasteiger charge is 2.44. The smallest absolute Gasteiger partial charge is 0.250 e. The minimum atomic E-state index is -0.364. The molecule has 0 unspecified atom stereocenters. The van der Waals surface area contributed by atoms with Crippen LogP contribution in [0.5, 0.6) is 0 Å². The van der Waals surface area contributed by atoms with Crippen molar-refractivity contribution in [2.24, 2.45) is 0 Å². The first-order valence-corrected chi connectivity index (χ1v) is 6.39. The molecular weight excluding hydrogens is 268 g/mol. The summed E-state index contributed by atoms with van der Waals surface area (Å²) >= 11 is 3.52. The monoisotopic (exact) mass is 280 g/mol. The first-order chi connectivity index (χ1) is 7.71. The van der Waals surface area contributed by atoms with Crippen LogP contribution in [0.1, 0.15) is 25.7 Å². The summed E-state index contributed by atoms with van der Waals surface area (Å²) in [5.74, 6) is 0.121. The number of fused-ring (bicyclic) bond motifs is 1. The fourth-order valence-corrected chi connectivity index (χ4v) is 3.09. The van der Waals surface area contributed by atoms with Crippen LogP contribution in [0.15, 0.2) is 22.7 Å². The van der Waals surface area contributed by atoms with Crippen LogP contribution in [-0.4, -0.2) is 11.4 Å². The molecule has 1 aliphatic heterocycles. The van der Waals surface area contributed by atoms with Crippen LogP contribution in [0.3, 0.4) is 0 Å². The summed E-state index contributed by atoms with van der Waals surface area (Å²) in [4.78, 5) is 12.1. The van der Waals surface area contributed by atoms with Gasteiger partial charge in [0.15, 0.2) is 0 Å². The third-order valence-electron chi connectivity index (χ3n) is 3.52. The van der Waals surface area contributed by atoms with Crippen molar-refractivity contribution in [3.05, 3.63) is 22.7 Å². The van der Waals surface area contributed by atoms with Gasteiger partial charge in [-0.05, 0) is 40.9 Å². The van der Waals surface area contributed by atoms with Crippen molar-refractivity contribution in [1.82, 2.24) is 0 Å². The molecule has 0 bridgehead atoms. The lowest BCUT2D eigenvalue weighted by Gasteiger charge is -2.36. The van der Waals surface area contributed by atoms with Crippen LogP contribution in [0.4, 0.5) is 11.4 Å². The fourth-order valence-electron chi connectivity index (χ4n) is 2.62. The lowest BCUT2D eigenvalue weighted by Crippen LogP contribution is -2.50. The van der Waals surface area contributed by atoms with Crippen molar-refractivity contribution < 1.29 is 4.79 Å². The molecular formula is C12H13BrN2O. The first kappa shape index (κ1) is 10.1. The van der Waals surface area contributed by atoms with Gasteiger partial charge in [-0.25, -0.2) is 0 Å². The van der Waals surface area contributed by atoms with Gasteiger partial charge in [0.05, 0.1) is 11.4 Å². The minimum Gasteiger partial charge on any atom is -0.369 e. The zero-order valence-corrected chi connectivity index (χ0v) is 10.4. The highest BCUT2D eigenvalue weighted by atomic mass is 79.9. The second-order valence-electron chi connectivity index (χ2n) is 4.53. The SMILES string of the molecule is O=C1Nc2cccc(Br)c2NC12CCCC2. The number of benzene rings is 1. The van der Waals surface area contributed by atoms with Gasteiger partial charge in [-0.15, -0.1) is 0 Å². The molecule has 2 aliphatic rings. The molecule has 1 aromatic rings. The van der Waals surface area contributed by atoms with Gasteiger partial charge in [0.2, 0.25) is 5.91 Å². The van der Waals surface area contributed by atoms with Crippen LogP contribution in [0, 0.1) is 0 Å². The van der Waals surface area contributed by atoms with Gasteiger partial charge in [0.25, 0.3) is 0 Å². The van der Waals surface area contributed by atoms with Crippen molar-refractivity contribution in [2.45, 2.75) is 31.2 Å². The number of amides is 1. The van der Waals surface area contributed by atoms with Crippen LogP contribution < -0.4 is 10.6 Å². The highest BCUT2D eigenvalue weighted by Crippen LogP contribution is 2.42. The van der Waals surface area contributed by atoms with Crippen molar-refractivity contribution in [1.29, 1.82) is 0 Å². The Kier molecular flexibility index (Phi) is 2.21. The highest BCUT2D eigenvalue weighted by molar-refractivity contribution is 9.10. The second kappa shape index (κ2) is 3.48. The van der Waals surface area contributed by atoms with E-state index in [2.05, 4.69) is 26.6 Å². The van der Waals surface area contributed by atoms with Crippen molar-refractivity contribution in [2.75, 3.05) is 10.6 Å². The summed E-state index contributed by atoms with van der Waals surface area (Å²) in [7, 11) is 0. The Bertz CT molecular complexity index is 452. The zero-order chi connectivity index (χ0) is 11.2. The van der Waals surface area contributed by atoms with Crippen molar-refractivity contribution in [3.8, 4) is 0 Å². The fraction of sp³-hybridized carbons (Fsp3) is 0.417. The standard InChI is InChI=1S/C12H13BrN2O/c13-8-4-3-5-9-10(8)15-12(11(16)14-9)6-1-2-7-12/h3-5,15H,1-2,6-7H2,(H,14,16). The maximum atomic E-state index is 12.1. The van der Waals surface area contributed by atoms with Crippen LogP contribution >= 0.6 is 15.9 Å². The van der Waals surface area contributed by atoms with Gasteiger partial charge in [0, 0.05) is 4.47 Å². The van der Waals surface area contributed by atoms with E-state index < -0.39 is 0 Å². The predicted octanol–water partition coefficient (Wildman–Crippen LogP) is 3.13. The van der Waals surface area contributed by atoms with Gasteiger partial charge < -0.3 is 10.6 Å². The number of para-hydroxylation sites is 1. The van der Waals surface area contributed by atoms with Gasteiger partial charge >= 0.3 is 0 Å². The van der Waals surface area contributed by atoms with Gasteiger partial charge in [0.1, 0.15) is 5.54 Å². The molecule has 1 saturated carbocycles. The van der Waals surface area contributed by atoms with Gasteiger partial charge in [-0.1, -0.05) is 18.9 Å². The molecule has 1 spiro atoms. The Balaban J connectivity index is 2.06. The summed E-state index contributed by atoms with van der Waals surface area (Å²) in [6.45, 7) is 0. The minimum absolute atomic E-state index is 0.121. The topological polar surface area (TPSA) is 41.1 Å². The molecule has 1 aliphatic carbocycles. The van der Waals surface area contributed by atoms with Gasteiger partial charge in [-0.3, -0.25) is 4.79 Å². The number of rotatable bonds is 0. The van der Waals surface area contributed by atoms with Crippen LogP contribution in [0.25, 0.3) is 0 Å². The van der Waals surface area contributed by atoms with E-state index in [1.807, 2.05) is 18.2 Å². The molecule has 3 nitrogen and oxygen atoms in total. The number of halogens is 1. The summed E-state index contributed by atoms with van der Waals surface area (Å²) in [6, 6.07) is 5.84. The molecule has 1 amide bonds. The molecule has 1 aromatic carbocycles. The van der Waals surface area contributed by atoms with E-state index in [1.165, 1.54) is 0 Å². The van der Waals surface area contributed by atoms with E-state index in [4.69, 9.17) is 0 Å². The number of hydrogen-bond donors (Lipinski definition) is 2. The molecule has 1 heterocycles. The van der Waals surface area contributed by atoms with E-state index in [1.54, 1.807) is 0 Å². The third kappa shape index (κ3) is 1.36. The lowest BCUT2D eigenvalue weighted by atomic mass is 9.93. The summed E-state index contributed by atoms with van der Waals surface area (Å²) in [5.41, 5.74) is 1.53. The summed E-state index contributed by atoms with van der Waals surface area (Å²) in [5, 5.41) is 6.43. The Labute approximate surface area is 103 Å². The quantitative estimate of drug-likeness (QED) is 0.767. The number of carbonyl (C=O) groups is 1. The van der Waals surface area contributed by atoms with Crippen LogP contribution in [-0.2, 0) is 4.79 Å². The molecule has 84 valence electrons. The van der Waals surface area contributed by atoms with E-state index in [0.29, 0.717) is 0 Å². The predicted molar refractivity (Wildman–Crippen MR) is 67.6 cm³/mol. The largest absolute Gasteiger partial charge is 0.369 e. The van der Waals surface area contributed by atoms with E-state index in [9.17, 15) is 4.79 Å². The number of anilines is 2. The zero-order valence-electron chi connectivity index (χ0n) is 8.85. The lowest BCUT2D eigenvalue weighted by molar-refractivity contribution is -0.120.